The highest BCUT2D eigenvalue weighted by molar-refractivity contribution is 5.76. The van der Waals surface area contributed by atoms with Crippen LogP contribution in [0.5, 0.6) is 0 Å². The third kappa shape index (κ3) is 1.45. The maximum atomic E-state index is 13.1. The molecule has 0 aliphatic heterocycles. The minimum Gasteiger partial charge on any atom is -0.270 e. The van der Waals surface area contributed by atoms with Crippen molar-refractivity contribution in [3.05, 3.63) is 29.6 Å². The summed E-state index contributed by atoms with van der Waals surface area (Å²) in [5.41, 5.74) is -0.478. The first-order valence-electron chi connectivity index (χ1n) is 4.12. The quantitative estimate of drug-likeness (QED) is 0.672. The van der Waals surface area contributed by atoms with E-state index < -0.39 is 18.2 Å². The molecule has 2 aromatic rings. The Kier molecular flexibility index (Phi) is 2.13. The van der Waals surface area contributed by atoms with Crippen LogP contribution >= 0.6 is 0 Å². The summed E-state index contributed by atoms with van der Waals surface area (Å²) in [6.45, 7) is -1.56. The number of nitrogens with zero attached hydrogens (tertiary/aromatic N) is 2. The van der Waals surface area contributed by atoms with Crippen molar-refractivity contribution in [2.75, 3.05) is 0 Å². The number of hydrogen-bond acceptors (Lipinski definition) is 1. The van der Waals surface area contributed by atoms with E-state index in [9.17, 15) is 17.6 Å². The van der Waals surface area contributed by atoms with Gasteiger partial charge in [0.2, 0.25) is 0 Å². The molecule has 0 amide bonds. The lowest BCUT2D eigenvalue weighted by Gasteiger charge is -2.03. The summed E-state index contributed by atoms with van der Waals surface area (Å²) < 4.78 is 51.5. The predicted molar refractivity (Wildman–Crippen MR) is 45.6 cm³/mol. The Morgan fingerprint density at radius 3 is 2.53 bits per heavy atom. The van der Waals surface area contributed by atoms with Gasteiger partial charge in [0, 0.05) is 12.1 Å². The fourth-order valence-corrected chi connectivity index (χ4v) is 1.48. The molecule has 0 aliphatic carbocycles. The molecule has 0 N–H and O–H groups in total. The van der Waals surface area contributed by atoms with E-state index in [0.717, 1.165) is 6.07 Å². The van der Waals surface area contributed by atoms with Crippen molar-refractivity contribution in [2.24, 2.45) is 0 Å². The fraction of sp³-hybridized carbons (Fsp3) is 0.222. The molecular weight excluding hydrogens is 212 g/mol. The lowest BCUT2D eigenvalue weighted by molar-refractivity contribution is 0.0724. The molecular formula is C9H6F4N2. The maximum absolute atomic E-state index is 13.1. The fourth-order valence-electron chi connectivity index (χ4n) is 1.48. The second-order valence-corrected chi connectivity index (χ2v) is 3.06. The first kappa shape index (κ1) is 9.95. The van der Waals surface area contributed by atoms with E-state index in [-0.39, 0.29) is 16.9 Å². The molecule has 0 radical (unpaired) electrons. The zero-order valence-corrected chi connectivity index (χ0v) is 7.64. The van der Waals surface area contributed by atoms with Crippen LogP contribution in [0.1, 0.15) is 12.4 Å². The summed E-state index contributed by atoms with van der Waals surface area (Å²) in [4.78, 5) is 3.62. The Bertz CT molecular complexity index is 518. The molecule has 2 rings (SSSR count). The van der Waals surface area contributed by atoms with Gasteiger partial charge in [-0.3, -0.25) is 4.57 Å². The van der Waals surface area contributed by atoms with Crippen molar-refractivity contribution in [3.8, 4) is 0 Å². The van der Waals surface area contributed by atoms with E-state index in [0.29, 0.717) is 10.6 Å². The van der Waals surface area contributed by atoms with Crippen molar-refractivity contribution in [1.29, 1.82) is 0 Å². The second-order valence-electron chi connectivity index (χ2n) is 3.06. The highest BCUT2D eigenvalue weighted by Gasteiger charge is 2.18. The highest BCUT2D eigenvalue weighted by atomic mass is 19.3. The van der Waals surface area contributed by atoms with E-state index >= 15 is 0 Å². The van der Waals surface area contributed by atoms with Gasteiger partial charge in [0.1, 0.15) is 17.2 Å². The largest absolute Gasteiger partial charge is 0.320 e. The summed E-state index contributed by atoms with van der Waals surface area (Å²) in [7, 11) is 0. The molecule has 0 bridgehead atoms. The summed E-state index contributed by atoms with van der Waals surface area (Å²) in [5, 5.41) is 0. The van der Waals surface area contributed by atoms with Crippen LogP contribution in [0.25, 0.3) is 11.0 Å². The van der Waals surface area contributed by atoms with Crippen LogP contribution in [0, 0.1) is 18.6 Å². The third-order valence-electron chi connectivity index (χ3n) is 2.09. The lowest BCUT2D eigenvalue weighted by atomic mass is 10.3. The molecule has 0 aliphatic rings. The van der Waals surface area contributed by atoms with E-state index in [4.69, 9.17) is 0 Å². The summed E-state index contributed by atoms with van der Waals surface area (Å²) in [6.07, 6.45) is 0. The molecule has 0 saturated carbocycles. The Labute approximate surface area is 82.1 Å². The molecule has 0 unspecified atom stereocenters. The van der Waals surface area contributed by atoms with E-state index in [1.807, 2.05) is 0 Å². The molecule has 0 saturated heterocycles. The number of benzene rings is 1. The number of aryl methyl sites for hydroxylation is 1. The van der Waals surface area contributed by atoms with Gasteiger partial charge in [0.25, 0.3) is 0 Å². The van der Waals surface area contributed by atoms with Crippen molar-refractivity contribution >= 4 is 11.0 Å². The van der Waals surface area contributed by atoms with Gasteiger partial charge in [-0.15, -0.1) is 0 Å². The van der Waals surface area contributed by atoms with Gasteiger partial charge in [-0.05, 0) is 6.92 Å². The smallest absolute Gasteiger partial charge is 0.270 e. The minimum absolute atomic E-state index is 0.0514. The zero-order valence-electron chi connectivity index (χ0n) is 7.64. The molecule has 0 spiro atoms. The van der Waals surface area contributed by atoms with E-state index in [2.05, 4.69) is 4.98 Å². The zero-order chi connectivity index (χ0) is 11.2. The van der Waals surface area contributed by atoms with Gasteiger partial charge in [-0.1, -0.05) is 0 Å². The normalized spacial score (nSPS) is 11.6. The first-order chi connectivity index (χ1) is 7.00. The van der Waals surface area contributed by atoms with E-state index in [1.165, 1.54) is 6.92 Å². The number of fused-ring (bicyclic) bond motifs is 1. The Balaban J connectivity index is 2.86. The first-order valence-corrected chi connectivity index (χ1v) is 4.12. The molecule has 1 aromatic carbocycles. The number of rotatable bonds is 1. The Morgan fingerprint density at radius 1 is 1.27 bits per heavy atom. The van der Waals surface area contributed by atoms with Crippen LogP contribution < -0.4 is 0 Å². The van der Waals surface area contributed by atoms with Gasteiger partial charge in [-0.2, -0.15) is 8.78 Å². The van der Waals surface area contributed by atoms with Crippen molar-refractivity contribution < 1.29 is 17.6 Å². The topological polar surface area (TPSA) is 17.8 Å². The number of alkyl halides is 2. The van der Waals surface area contributed by atoms with Gasteiger partial charge >= 0.3 is 6.55 Å². The number of halogens is 4. The lowest BCUT2D eigenvalue weighted by Crippen LogP contribution is -2.00. The van der Waals surface area contributed by atoms with Crippen LogP contribution in [0.4, 0.5) is 17.6 Å². The number of imidazole rings is 1. The number of hydrogen-bond donors (Lipinski definition) is 0. The Hall–Kier alpha value is -1.59. The average molecular weight is 218 g/mol. The summed E-state index contributed by atoms with van der Waals surface area (Å²) in [5.74, 6) is -1.89. The summed E-state index contributed by atoms with van der Waals surface area (Å²) in [6, 6.07) is 1.45. The van der Waals surface area contributed by atoms with Gasteiger partial charge in [0.05, 0.1) is 5.52 Å². The predicted octanol–water partition coefficient (Wildman–Crippen LogP) is 3.02. The van der Waals surface area contributed by atoms with Crippen molar-refractivity contribution in [2.45, 2.75) is 13.5 Å². The van der Waals surface area contributed by atoms with Crippen molar-refractivity contribution in [3.63, 3.8) is 0 Å². The molecule has 80 valence electrons. The van der Waals surface area contributed by atoms with Crippen molar-refractivity contribution in [1.82, 2.24) is 9.55 Å². The van der Waals surface area contributed by atoms with Crippen LogP contribution in [-0.2, 0) is 0 Å². The minimum atomic E-state index is -2.86. The van der Waals surface area contributed by atoms with Crippen LogP contribution in [0.15, 0.2) is 12.1 Å². The molecule has 0 fully saturated rings. The van der Waals surface area contributed by atoms with Gasteiger partial charge in [0.15, 0.2) is 5.82 Å². The summed E-state index contributed by atoms with van der Waals surface area (Å²) >= 11 is 0. The highest BCUT2D eigenvalue weighted by Crippen LogP contribution is 2.25. The molecule has 0 atom stereocenters. The SMILES string of the molecule is Cc1nc2c(F)cc(F)cc2n1C(F)F. The molecule has 6 heteroatoms. The van der Waals surface area contributed by atoms with Crippen LogP contribution in [0.3, 0.4) is 0 Å². The average Bonchev–Trinajstić information content (AvgIpc) is 2.41. The van der Waals surface area contributed by atoms with Crippen LogP contribution in [-0.4, -0.2) is 9.55 Å². The molecule has 15 heavy (non-hydrogen) atoms. The second kappa shape index (κ2) is 3.22. The van der Waals surface area contributed by atoms with Crippen LogP contribution in [0.2, 0.25) is 0 Å². The van der Waals surface area contributed by atoms with Gasteiger partial charge < -0.3 is 0 Å². The third-order valence-corrected chi connectivity index (χ3v) is 2.09. The Morgan fingerprint density at radius 2 is 1.93 bits per heavy atom. The standard InChI is InChI=1S/C9H6F4N2/c1-4-14-8-6(11)2-5(10)3-7(8)15(4)9(12)13/h2-3,9H,1H3. The maximum Gasteiger partial charge on any atom is 0.320 e. The van der Waals surface area contributed by atoms with Gasteiger partial charge in [-0.25, -0.2) is 13.8 Å². The molecule has 1 aromatic heterocycles. The monoisotopic (exact) mass is 218 g/mol. The molecule has 1 heterocycles. The number of aromatic nitrogens is 2. The van der Waals surface area contributed by atoms with E-state index in [1.54, 1.807) is 0 Å². The molecule has 2 nitrogen and oxygen atoms in total.